The highest BCUT2D eigenvalue weighted by Gasteiger charge is 2.22. The van der Waals surface area contributed by atoms with Gasteiger partial charge in [-0.15, -0.1) is 0 Å². The van der Waals surface area contributed by atoms with Crippen molar-refractivity contribution < 1.29 is 0 Å². The van der Waals surface area contributed by atoms with E-state index in [0.717, 1.165) is 6.54 Å². The molecule has 2 nitrogen and oxygen atoms in total. The van der Waals surface area contributed by atoms with Gasteiger partial charge in [0.1, 0.15) is 0 Å². The van der Waals surface area contributed by atoms with E-state index < -0.39 is 0 Å². The van der Waals surface area contributed by atoms with Crippen molar-refractivity contribution in [2.45, 2.75) is 25.3 Å². The molecule has 0 spiro atoms. The summed E-state index contributed by atoms with van der Waals surface area (Å²) in [5, 5.41) is 8.28. The van der Waals surface area contributed by atoms with Crippen molar-refractivity contribution in [3.8, 4) is 0 Å². The molecule has 0 aromatic rings. The van der Waals surface area contributed by atoms with Crippen molar-refractivity contribution in [2.75, 3.05) is 6.54 Å². The van der Waals surface area contributed by atoms with Crippen LogP contribution in [0.5, 0.6) is 0 Å². The maximum Gasteiger partial charge on any atom is 0.0774 e. The van der Waals surface area contributed by atoms with Crippen LogP contribution in [0.25, 0.3) is 0 Å². The number of fused-ring (bicyclic) bond motifs is 1. The lowest BCUT2D eigenvalue weighted by Gasteiger charge is -2.25. The van der Waals surface area contributed by atoms with E-state index in [1.807, 2.05) is 0 Å². The van der Waals surface area contributed by atoms with Crippen LogP contribution in [0.1, 0.15) is 19.3 Å². The molecule has 0 N–H and O–H groups in total. The van der Waals surface area contributed by atoms with E-state index in [0.29, 0.717) is 12.0 Å². The molecule has 1 aliphatic heterocycles. The lowest BCUT2D eigenvalue weighted by Crippen LogP contribution is -2.22. The van der Waals surface area contributed by atoms with Crippen molar-refractivity contribution in [1.82, 2.24) is 0 Å². The number of azo groups is 1. The zero-order valence-corrected chi connectivity index (χ0v) is 6.03. The molecule has 0 aromatic carbocycles. The zero-order chi connectivity index (χ0) is 6.81. The highest BCUT2D eigenvalue weighted by atomic mass is 15.1. The first-order chi connectivity index (χ1) is 4.97. The monoisotopic (exact) mass is 136 g/mol. The van der Waals surface area contributed by atoms with Crippen LogP contribution in [-0.2, 0) is 0 Å². The maximum atomic E-state index is 4.23. The largest absolute Gasteiger partial charge is 0.194 e. The summed E-state index contributed by atoms with van der Waals surface area (Å²) in [6, 6.07) is 0.527. The molecule has 2 atom stereocenters. The molecule has 0 bridgehead atoms. The van der Waals surface area contributed by atoms with Crippen molar-refractivity contribution in [3.63, 3.8) is 0 Å². The average molecular weight is 136 g/mol. The summed E-state index contributed by atoms with van der Waals surface area (Å²) < 4.78 is 0. The van der Waals surface area contributed by atoms with Crippen LogP contribution in [0.4, 0.5) is 0 Å². The fourth-order valence-corrected chi connectivity index (χ4v) is 1.68. The van der Waals surface area contributed by atoms with Gasteiger partial charge in [0.05, 0.1) is 12.6 Å². The van der Waals surface area contributed by atoms with Gasteiger partial charge in [-0.1, -0.05) is 12.2 Å². The van der Waals surface area contributed by atoms with E-state index in [-0.39, 0.29) is 0 Å². The van der Waals surface area contributed by atoms with Gasteiger partial charge in [0.15, 0.2) is 0 Å². The second-order valence-corrected chi connectivity index (χ2v) is 3.01. The van der Waals surface area contributed by atoms with Crippen LogP contribution >= 0.6 is 0 Å². The molecule has 1 heterocycles. The average Bonchev–Trinajstić information content (AvgIpc) is 2.05. The standard InChI is InChI=1S/C8H12N2/c1-2-4-8-7(3-1)5-6-9-10-8/h1,3,7-8H,2,4-6H2. The summed E-state index contributed by atoms with van der Waals surface area (Å²) in [6.07, 6.45) is 8.21. The maximum absolute atomic E-state index is 4.23. The molecule has 0 aromatic heterocycles. The molecule has 0 radical (unpaired) electrons. The molecule has 10 heavy (non-hydrogen) atoms. The first-order valence-electron chi connectivity index (χ1n) is 4.00. The van der Waals surface area contributed by atoms with Gasteiger partial charge < -0.3 is 0 Å². The first kappa shape index (κ1) is 6.08. The molecule has 54 valence electrons. The highest BCUT2D eigenvalue weighted by Crippen LogP contribution is 2.26. The number of hydrogen-bond donors (Lipinski definition) is 0. The summed E-state index contributed by atoms with van der Waals surface area (Å²) in [6.45, 7) is 0.936. The second-order valence-electron chi connectivity index (χ2n) is 3.01. The van der Waals surface area contributed by atoms with Crippen LogP contribution in [0.15, 0.2) is 22.4 Å². The van der Waals surface area contributed by atoms with Gasteiger partial charge in [-0.05, 0) is 19.3 Å². The van der Waals surface area contributed by atoms with Gasteiger partial charge in [-0.25, -0.2) is 0 Å². The zero-order valence-electron chi connectivity index (χ0n) is 6.03. The minimum absolute atomic E-state index is 0.527. The van der Waals surface area contributed by atoms with Crippen LogP contribution in [0, 0.1) is 5.92 Å². The molecule has 0 fully saturated rings. The van der Waals surface area contributed by atoms with Crippen molar-refractivity contribution >= 4 is 0 Å². The van der Waals surface area contributed by atoms with Crippen molar-refractivity contribution in [1.29, 1.82) is 0 Å². The summed E-state index contributed by atoms with van der Waals surface area (Å²) in [5.41, 5.74) is 0. The summed E-state index contributed by atoms with van der Waals surface area (Å²) in [7, 11) is 0. The first-order valence-corrected chi connectivity index (χ1v) is 4.00. The van der Waals surface area contributed by atoms with Gasteiger partial charge in [-0.3, -0.25) is 0 Å². The van der Waals surface area contributed by atoms with Crippen LogP contribution < -0.4 is 0 Å². The van der Waals surface area contributed by atoms with E-state index in [4.69, 9.17) is 0 Å². The summed E-state index contributed by atoms with van der Waals surface area (Å²) in [4.78, 5) is 0. The Bertz CT molecular complexity index is 152. The quantitative estimate of drug-likeness (QED) is 0.456. The molecule has 1 aliphatic carbocycles. The summed E-state index contributed by atoms with van der Waals surface area (Å²) in [5.74, 6) is 0.714. The Morgan fingerprint density at radius 3 is 3.20 bits per heavy atom. The van der Waals surface area contributed by atoms with Crippen molar-refractivity contribution in [2.24, 2.45) is 16.1 Å². The molecule has 2 rings (SSSR count). The molecule has 0 saturated carbocycles. The smallest absolute Gasteiger partial charge is 0.0774 e. The van der Waals surface area contributed by atoms with E-state index in [1.165, 1.54) is 19.3 Å². The van der Waals surface area contributed by atoms with Crippen LogP contribution in [-0.4, -0.2) is 12.6 Å². The fraction of sp³-hybridized carbons (Fsp3) is 0.750. The molecule has 0 amide bonds. The summed E-state index contributed by atoms with van der Waals surface area (Å²) >= 11 is 0. The van der Waals surface area contributed by atoms with E-state index in [9.17, 15) is 0 Å². The predicted octanol–water partition coefficient (Wildman–Crippen LogP) is 2.18. The Balaban J connectivity index is 2.14. The SMILES string of the molecule is C1=CC2CCN=NC2CC1. The Labute approximate surface area is 61.0 Å². The third-order valence-electron chi connectivity index (χ3n) is 2.30. The fourth-order valence-electron chi connectivity index (χ4n) is 1.68. The highest BCUT2D eigenvalue weighted by molar-refractivity contribution is 5.00. The van der Waals surface area contributed by atoms with E-state index in [1.54, 1.807) is 0 Å². The number of rotatable bonds is 0. The number of allylic oxidation sites excluding steroid dienone is 1. The molecule has 2 heteroatoms. The molecule has 2 unspecified atom stereocenters. The second kappa shape index (κ2) is 2.52. The predicted molar refractivity (Wildman–Crippen MR) is 40.0 cm³/mol. The molecular weight excluding hydrogens is 124 g/mol. The molecule has 0 saturated heterocycles. The topological polar surface area (TPSA) is 24.7 Å². The Hall–Kier alpha value is -0.660. The Morgan fingerprint density at radius 1 is 1.30 bits per heavy atom. The minimum Gasteiger partial charge on any atom is -0.194 e. The normalized spacial score (nSPS) is 37.6. The number of nitrogens with zero attached hydrogens (tertiary/aromatic N) is 2. The van der Waals surface area contributed by atoms with Gasteiger partial charge in [-0.2, -0.15) is 10.2 Å². The Morgan fingerprint density at radius 2 is 2.30 bits per heavy atom. The van der Waals surface area contributed by atoms with Crippen LogP contribution in [0.3, 0.4) is 0 Å². The van der Waals surface area contributed by atoms with E-state index in [2.05, 4.69) is 22.4 Å². The number of hydrogen-bond acceptors (Lipinski definition) is 2. The Kier molecular flexibility index (Phi) is 1.53. The van der Waals surface area contributed by atoms with E-state index >= 15 is 0 Å². The van der Waals surface area contributed by atoms with Gasteiger partial charge in [0, 0.05) is 5.92 Å². The van der Waals surface area contributed by atoms with Gasteiger partial charge >= 0.3 is 0 Å². The lowest BCUT2D eigenvalue weighted by molar-refractivity contribution is 0.385. The van der Waals surface area contributed by atoms with Crippen LogP contribution in [0.2, 0.25) is 0 Å². The van der Waals surface area contributed by atoms with Crippen molar-refractivity contribution in [3.05, 3.63) is 12.2 Å². The molecular formula is C8H12N2. The molecule has 2 aliphatic rings. The van der Waals surface area contributed by atoms with Gasteiger partial charge in [0.2, 0.25) is 0 Å². The third kappa shape index (κ3) is 0.981. The minimum atomic E-state index is 0.527. The lowest BCUT2D eigenvalue weighted by atomic mass is 9.88. The third-order valence-corrected chi connectivity index (χ3v) is 2.30. The van der Waals surface area contributed by atoms with Gasteiger partial charge in [0.25, 0.3) is 0 Å².